The number of hydrogen-bond donors (Lipinski definition) is 0. The van der Waals surface area contributed by atoms with Gasteiger partial charge in [0.25, 0.3) is 5.56 Å². The summed E-state index contributed by atoms with van der Waals surface area (Å²) in [5.41, 5.74) is 5.40. The third-order valence-electron chi connectivity index (χ3n) is 6.58. The smallest absolute Gasteiger partial charge is 0.283 e. The molecule has 0 saturated heterocycles. The molecule has 6 heteroatoms. The van der Waals surface area contributed by atoms with E-state index in [2.05, 4.69) is 12.1 Å². The summed E-state index contributed by atoms with van der Waals surface area (Å²) in [4.78, 5) is 19.8. The highest BCUT2D eigenvalue weighted by Crippen LogP contribution is 2.37. The van der Waals surface area contributed by atoms with Gasteiger partial charge in [0.05, 0.1) is 21.4 Å². The number of benzene rings is 4. The summed E-state index contributed by atoms with van der Waals surface area (Å²) in [6.07, 6.45) is 0. The van der Waals surface area contributed by atoms with Crippen LogP contribution in [0.1, 0.15) is 0 Å². The molecule has 160 valence electrons. The Labute approximate surface area is 195 Å². The molecule has 0 aliphatic rings. The van der Waals surface area contributed by atoms with Crippen molar-refractivity contribution in [3.8, 4) is 5.69 Å². The second kappa shape index (κ2) is 6.34. The zero-order chi connectivity index (χ0) is 22.4. The van der Waals surface area contributed by atoms with Crippen molar-refractivity contribution in [2.24, 2.45) is 0 Å². The van der Waals surface area contributed by atoms with Crippen molar-refractivity contribution in [3.63, 3.8) is 0 Å². The largest absolute Gasteiger partial charge is 0.454 e. The van der Waals surface area contributed by atoms with E-state index in [0.717, 1.165) is 48.7 Å². The third-order valence-corrected chi connectivity index (χ3v) is 7.61. The molecule has 4 aromatic carbocycles. The number of para-hydroxylation sites is 4. The average molecular weight is 458 g/mol. The highest BCUT2D eigenvalue weighted by atomic mass is 32.1. The summed E-state index contributed by atoms with van der Waals surface area (Å²) in [7, 11) is 0. The molecule has 0 fully saturated rings. The molecule has 8 aromatic rings. The lowest BCUT2D eigenvalue weighted by Gasteiger charge is -2.08. The van der Waals surface area contributed by atoms with Crippen LogP contribution in [0.4, 0.5) is 0 Å². The van der Waals surface area contributed by atoms with Gasteiger partial charge in [0.2, 0.25) is 0 Å². The number of nitrogens with zero attached hydrogens (tertiary/aromatic N) is 3. The molecule has 0 aliphatic carbocycles. The maximum absolute atomic E-state index is 14.1. The van der Waals surface area contributed by atoms with Crippen LogP contribution in [0.15, 0.2) is 100 Å². The summed E-state index contributed by atoms with van der Waals surface area (Å²) in [6.45, 7) is 0. The Bertz CT molecular complexity index is 2160. The maximum atomic E-state index is 14.1. The standard InChI is InChI=1S/C28H15N3O2S/c32-27-25-24(29-28-31(27)20-12-4-6-15-23(20)34-28)18-9-1-3-11-19(18)30(25)21-13-7-10-17-16-8-2-5-14-22(16)33-26(17)21/h1-15H. The van der Waals surface area contributed by atoms with Crippen molar-refractivity contribution in [1.82, 2.24) is 14.0 Å². The van der Waals surface area contributed by atoms with Crippen molar-refractivity contribution in [2.75, 3.05) is 0 Å². The molecule has 4 heterocycles. The fraction of sp³-hybridized carbons (Fsp3) is 0. The molecule has 0 spiro atoms. The van der Waals surface area contributed by atoms with Gasteiger partial charge in [-0.3, -0.25) is 9.36 Å². The van der Waals surface area contributed by atoms with Crippen molar-refractivity contribution < 1.29 is 4.42 Å². The molecular weight excluding hydrogens is 442 g/mol. The lowest BCUT2D eigenvalue weighted by molar-refractivity contribution is 0.666. The van der Waals surface area contributed by atoms with Gasteiger partial charge in [0.15, 0.2) is 10.5 Å². The molecule has 4 aromatic heterocycles. The number of thiazole rings is 1. The van der Waals surface area contributed by atoms with Crippen LogP contribution in [0, 0.1) is 0 Å². The Morgan fingerprint density at radius 1 is 0.735 bits per heavy atom. The Hall–Kier alpha value is -4.42. The van der Waals surface area contributed by atoms with Gasteiger partial charge in [-0.1, -0.05) is 72.0 Å². The van der Waals surface area contributed by atoms with Crippen LogP contribution in [0.25, 0.3) is 64.7 Å². The molecule has 5 nitrogen and oxygen atoms in total. The molecular formula is C28H15N3O2S. The van der Waals surface area contributed by atoms with E-state index in [4.69, 9.17) is 9.40 Å². The normalized spacial score (nSPS) is 12.2. The molecule has 34 heavy (non-hydrogen) atoms. The quantitative estimate of drug-likeness (QED) is 0.269. The monoisotopic (exact) mass is 457 g/mol. The number of hydrogen-bond acceptors (Lipinski definition) is 4. The third kappa shape index (κ3) is 2.18. The van der Waals surface area contributed by atoms with Crippen molar-refractivity contribution >= 4 is 70.4 Å². The minimum atomic E-state index is -0.0817. The van der Waals surface area contributed by atoms with Crippen LogP contribution in [0.2, 0.25) is 0 Å². The summed E-state index contributed by atoms with van der Waals surface area (Å²) >= 11 is 1.53. The summed E-state index contributed by atoms with van der Waals surface area (Å²) in [6, 6.07) is 30.1. The van der Waals surface area contributed by atoms with Gasteiger partial charge < -0.3 is 4.42 Å². The minimum absolute atomic E-state index is 0.0817. The van der Waals surface area contributed by atoms with Crippen LogP contribution in [0.5, 0.6) is 0 Å². The Morgan fingerprint density at radius 3 is 2.38 bits per heavy atom. The molecule has 0 N–H and O–H groups in total. The first-order chi connectivity index (χ1) is 16.8. The number of furan rings is 1. The van der Waals surface area contributed by atoms with Gasteiger partial charge in [0.1, 0.15) is 16.6 Å². The Morgan fingerprint density at radius 2 is 1.47 bits per heavy atom. The molecule has 8 rings (SSSR count). The van der Waals surface area contributed by atoms with Gasteiger partial charge in [-0.2, -0.15) is 0 Å². The molecule has 0 atom stereocenters. The van der Waals surface area contributed by atoms with E-state index in [1.807, 2.05) is 83.4 Å². The van der Waals surface area contributed by atoms with E-state index in [-0.39, 0.29) is 5.56 Å². The van der Waals surface area contributed by atoms with E-state index >= 15 is 0 Å². The van der Waals surface area contributed by atoms with E-state index in [9.17, 15) is 4.79 Å². The van der Waals surface area contributed by atoms with E-state index in [1.165, 1.54) is 11.3 Å². The average Bonchev–Trinajstić information content (AvgIpc) is 3.54. The topological polar surface area (TPSA) is 52.4 Å². The molecule has 0 aliphatic heterocycles. The lowest BCUT2D eigenvalue weighted by Crippen LogP contribution is -2.16. The SMILES string of the molecule is O=c1c2c(nc3sc4ccccc4n13)c1ccccc1n2-c1cccc2c1oc1ccccc12. The first-order valence-corrected chi connectivity index (χ1v) is 11.9. The lowest BCUT2D eigenvalue weighted by atomic mass is 10.1. The van der Waals surface area contributed by atoms with Crippen LogP contribution in [0.3, 0.4) is 0 Å². The summed E-state index contributed by atoms with van der Waals surface area (Å²) < 4.78 is 11.1. The van der Waals surface area contributed by atoms with Gasteiger partial charge in [-0.05, 0) is 30.3 Å². The highest BCUT2D eigenvalue weighted by Gasteiger charge is 2.22. The molecule has 0 radical (unpaired) electrons. The highest BCUT2D eigenvalue weighted by molar-refractivity contribution is 7.23. The summed E-state index contributed by atoms with van der Waals surface area (Å²) in [5.74, 6) is 0. The van der Waals surface area contributed by atoms with Crippen LogP contribution < -0.4 is 5.56 Å². The van der Waals surface area contributed by atoms with Gasteiger partial charge in [0, 0.05) is 16.2 Å². The number of aromatic nitrogens is 3. The minimum Gasteiger partial charge on any atom is -0.454 e. The van der Waals surface area contributed by atoms with Crippen molar-refractivity contribution in [3.05, 3.63) is 101 Å². The van der Waals surface area contributed by atoms with Gasteiger partial charge in [-0.15, -0.1) is 0 Å². The molecule has 0 amide bonds. The first-order valence-electron chi connectivity index (χ1n) is 11.0. The Kier molecular flexibility index (Phi) is 3.36. The Balaban J connectivity index is 1.63. The van der Waals surface area contributed by atoms with Gasteiger partial charge >= 0.3 is 0 Å². The fourth-order valence-electron chi connectivity index (χ4n) is 5.14. The van der Waals surface area contributed by atoms with E-state index < -0.39 is 0 Å². The van der Waals surface area contributed by atoms with E-state index in [0.29, 0.717) is 16.0 Å². The second-order valence-electron chi connectivity index (χ2n) is 8.41. The van der Waals surface area contributed by atoms with E-state index in [1.54, 1.807) is 4.40 Å². The maximum Gasteiger partial charge on any atom is 0.283 e. The second-order valence-corrected chi connectivity index (χ2v) is 9.42. The predicted molar refractivity (Wildman–Crippen MR) is 138 cm³/mol. The van der Waals surface area contributed by atoms with Crippen LogP contribution in [-0.2, 0) is 0 Å². The predicted octanol–water partition coefficient (Wildman–Crippen LogP) is 6.91. The van der Waals surface area contributed by atoms with Crippen molar-refractivity contribution in [2.45, 2.75) is 0 Å². The fourth-order valence-corrected chi connectivity index (χ4v) is 6.15. The number of rotatable bonds is 1. The zero-order valence-electron chi connectivity index (χ0n) is 17.7. The molecule has 0 bridgehead atoms. The molecule has 0 unspecified atom stereocenters. The van der Waals surface area contributed by atoms with Crippen molar-refractivity contribution in [1.29, 1.82) is 0 Å². The first kappa shape index (κ1) is 18.1. The number of fused-ring (bicyclic) bond motifs is 9. The summed E-state index contributed by atoms with van der Waals surface area (Å²) in [5, 5.41) is 3.03. The van der Waals surface area contributed by atoms with Crippen LogP contribution in [-0.4, -0.2) is 14.0 Å². The zero-order valence-corrected chi connectivity index (χ0v) is 18.5. The van der Waals surface area contributed by atoms with Gasteiger partial charge in [-0.25, -0.2) is 9.38 Å². The molecule has 0 saturated carbocycles. The van der Waals surface area contributed by atoms with Crippen LogP contribution >= 0.6 is 11.3 Å².